The van der Waals surface area contributed by atoms with E-state index in [9.17, 15) is 0 Å². The minimum Gasteiger partial charge on any atom is -0.497 e. The molecule has 0 aliphatic heterocycles. The van der Waals surface area contributed by atoms with Crippen LogP contribution < -0.4 is 15.2 Å². The Hall–Kier alpha value is -1.22. The van der Waals surface area contributed by atoms with Crippen molar-refractivity contribution < 1.29 is 9.47 Å². The average Bonchev–Trinajstić information content (AvgIpc) is 2.26. The minimum absolute atomic E-state index is 0.233. The number of ether oxygens (including phenoxy) is 2. The summed E-state index contributed by atoms with van der Waals surface area (Å²) in [5, 5.41) is 0. The highest BCUT2D eigenvalue weighted by Gasteiger charge is 2.23. The van der Waals surface area contributed by atoms with E-state index in [-0.39, 0.29) is 11.5 Å². The highest BCUT2D eigenvalue weighted by atomic mass is 16.5. The van der Waals surface area contributed by atoms with Crippen molar-refractivity contribution in [1.29, 1.82) is 0 Å². The van der Waals surface area contributed by atoms with Gasteiger partial charge in [-0.05, 0) is 37.5 Å². The third kappa shape index (κ3) is 2.89. The zero-order chi connectivity index (χ0) is 12.3. The van der Waals surface area contributed by atoms with E-state index in [0.717, 1.165) is 17.1 Å². The lowest BCUT2D eigenvalue weighted by atomic mass is 9.84. The smallest absolute Gasteiger partial charge is 0.122 e. The zero-order valence-corrected chi connectivity index (χ0v) is 10.7. The fourth-order valence-corrected chi connectivity index (χ4v) is 1.51. The second-order valence-corrected chi connectivity index (χ2v) is 4.69. The molecule has 0 fully saturated rings. The number of benzene rings is 1. The lowest BCUT2D eigenvalue weighted by Crippen LogP contribution is -2.37. The Morgan fingerprint density at radius 2 is 1.50 bits per heavy atom. The molecule has 0 spiro atoms. The Kier molecular flexibility index (Phi) is 3.81. The van der Waals surface area contributed by atoms with E-state index in [1.54, 1.807) is 14.2 Å². The average molecular weight is 223 g/mol. The molecular weight excluding hydrogens is 202 g/mol. The van der Waals surface area contributed by atoms with Gasteiger partial charge in [0, 0.05) is 11.6 Å². The van der Waals surface area contributed by atoms with Crippen molar-refractivity contribution >= 4 is 0 Å². The van der Waals surface area contributed by atoms with Crippen LogP contribution in [0.1, 0.15) is 32.3 Å². The lowest BCUT2D eigenvalue weighted by Gasteiger charge is -2.28. The topological polar surface area (TPSA) is 44.5 Å². The van der Waals surface area contributed by atoms with Crippen molar-refractivity contribution in [3.63, 3.8) is 0 Å². The van der Waals surface area contributed by atoms with E-state index in [1.807, 2.05) is 32.0 Å². The minimum atomic E-state index is -0.266. The molecule has 1 atom stereocenters. The van der Waals surface area contributed by atoms with E-state index in [4.69, 9.17) is 15.2 Å². The number of nitrogens with two attached hydrogens (primary N) is 1. The molecule has 0 aliphatic carbocycles. The molecule has 0 aromatic heterocycles. The molecule has 1 unspecified atom stereocenters. The Morgan fingerprint density at radius 1 is 1.06 bits per heavy atom. The van der Waals surface area contributed by atoms with Gasteiger partial charge in [-0.15, -0.1) is 0 Å². The molecule has 0 saturated carbocycles. The fraction of sp³-hybridized carbons (Fsp3) is 0.538. The summed E-state index contributed by atoms with van der Waals surface area (Å²) in [5.41, 5.74) is 6.97. The molecule has 0 bridgehead atoms. The summed E-state index contributed by atoms with van der Waals surface area (Å²) < 4.78 is 10.5. The van der Waals surface area contributed by atoms with Crippen LogP contribution >= 0.6 is 0 Å². The van der Waals surface area contributed by atoms with Crippen molar-refractivity contribution in [2.45, 2.75) is 32.2 Å². The third-order valence-corrected chi connectivity index (χ3v) is 2.99. The van der Waals surface area contributed by atoms with Crippen molar-refractivity contribution in [1.82, 2.24) is 0 Å². The van der Waals surface area contributed by atoms with Crippen molar-refractivity contribution in [2.24, 2.45) is 5.73 Å². The fourth-order valence-electron chi connectivity index (χ4n) is 1.51. The molecule has 1 aromatic carbocycles. The predicted octanol–water partition coefficient (Wildman–Crippen LogP) is 2.54. The summed E-state index contributed by atoms with van der Waals surface area (Å²) in [6.07, 6.45) is 0. The molecule has 2 N–H and O–H groups in total. The standard InChI is InChI=1S/C13H21NO2/c1-9(13(2,3)14)10-6-11(15-4)8-12(7-10)16-5/h6-9H,14H2,1-5H3. The van der Waals surface area contributed by atoms with Gasteiger partial charge in [0.15, 0.2) is 0 Å². The summed E-state index contributed by atoms with van der Waals surface area (Å²) >= 11 is 0. The number of methoxy groups -OCH3 is 2. The Balaban J connectivity index is 3.13. The number of hydrogen-bond donors (Lipinski definition) is 1. The second kappa shape index (κ2) is 4.74. The maximum absolute atomic E-state index is 6.11. The molecule has 0 aliphatic rings. The van der Waals surface area contributed by atoms with Crippen molar-refractivity contribution in [3.05, 3.63) is 23.8 Å². The number of hydrogen-bond acceptors (Lipinski definition) is 3. The summed E-state index contributed by atoms with van der Waals surface area (Å²) in [5.74, 6) is 1.83. The van der Waals surface area contributed by atoms with Crippen LogP contribution in [-0.2, 0) is 0 Å². The van der Waals surface area contributed by atoms with E-state index in [2.05, 4.69) is 6.92 Å². The van der Waals surface area contributed by atoms with Crippen LogP contribution in [0, 0.1) is 0 Å². The normalized spacial score (nSPS) is 13.4. The molecule has 1 rings (SSSR count). The lowest BCUT2D eigenvalue weighted by molar-refractivity contribution is 0.387. The maximum atomic E-state index is 6.11. The first kappa shape index (κ1) is 12.8. The van der Waals surface area contributed by atoms with Crippen molar-refractivity contribution in [3.8, 4) is 11.5 Å². The van der Waals surface area contributed by atoms with E-state index in [0.29, 0.717) is 0 Å². The van der Waals surface area contributed by atoms with E-state index >= 15 is 0 Å². The van der Waals surface area contributed by atoms with Crippen LogP contribution in [0.25, 0.3) is 0 Å². The predicted molar refractivity (Wildman–Crippen MR) is 66.2 cm³/mol. The summed E-state index contributed by atoms with van der Waals surface area (Å²) in [7, 11) is 3.30. The van der Waals surface area contributed by atoms with Crippen molar-refractivity contribution in [2.75, 3.05) is 14.2 Å². The van der Waals surface area contributed by atoms with Gasteiger partial charge in [0.05, 0.1) is 14.2 Å². The molecule has 0 amide bonds. The summed E-state index contributed by atoms with van der Waals surface area (Å²) in [6, 6.07) is 5.86. The van der Waals surface area contributed by atoms with Crippen LogP contribution in [0.4, 0.5) is 0 Å². The maximum Gasteiger partial charge on any atom is 0.122 e. The molecule has 0 heterocycles. The Labute approximate surface area is 97.6 Å². The third-order valence-electron chi connectivity index (χ3n) is 2.99. The largest absolute Gasteiger partial charge is 0.497 e. The van der Waals surface area contributed by atoms with Crippen LogP contribution in [0.15, 0.2) is 18.2 Å². The highest BCUT2D eigenvalue weighted by molar-refractivity contribution is 5.40. The monoisotopic (exact) mass is 223 g/mol. The van der Waals surface area contributed by atoms with Gasteiger partial charge in [0.2, 0.25) is 0 Å². The van der Waals surface area contributed by atoms with Crippen LogP contribution in [0.3, 0.4) is 0 Å². The zero-order valence-electron chi connectivity index (χ0n) is 10.7. The number of rotatable bonds is 4. The van der Waals surface area contributed by atoms with E-state index in [1.165, 1.54) is 0 Å². The second-order valence-electron chi connectivity index (χ2n) is 4.69. The van der Waals surface area contributed by atoms with Gasteiger partial charge >= 0.3 is 0 Å². The van der Waals surface area contributed by atoms with Gasteiger partial charge < -0.3 is 15.2 Å². The molecule has 1 aromatic rings. The molecular formula is C13H21NO2. The first-order chi connectivity index (χ1) is 7.38. The first-order valence-corrected chi connectivity index (χ1v) is 5.40. The quantitative estimate of drug-likeness (QED) is 0.853. The summed E-state index contributed by atoms with van der Waals surface area (Å²) in [6.45, 7) is 6.14. The van der Waals surface area contributed by atoms with Gasteiger partial charge in [-0.2, -0.15) is 0 Å². The molecule has 0 radical (unpaired) electrons. The summed E-state index contributed by atoms with van der Waals surface area (Å²) in [4.78, 5) is 0. The molecule has 3 nitrogen and oxygen atoms in total. The molecule has 16 heavy (non-hydrogen) atoms. The molecule has 3 heteroatoms. The van der Waals surface area contributed by atoms with Gasteiger partial charge in [-0.1, -0.05) is 6.92 Å². The van der Waals surface area contributed by atoms with Gasteiger partial charge in [-0.3, -0.25) is 0 Å². The molecule has 0 saturated heterocycles. The van der Waals surface area contributed by atoms with Crippen LogP contribution in [0.2, 0.25) is 0 Å². The molecule has 90 valence electrons. The highest BCUT2D eigenvalue weighted by Crippen LogP contribution is 2.31. The van der Waals surface area contributed by atoms with Gasteiger partial charge in [0.1, 0.15) is 11.5 Å². The Morgan fingerprint density at radius 3 is 1.81 bits per heavy atom. The first-order valence-electron chi connectivity index (χ1n) is 5.40. The van der Waals surface area contributed by atoms with E-state index < -0.39 is 0 Å². The Bertz CT molecular complexity index is 333. The van der Waals surface area contributed by atoms with Crippen LogP contribution in [-0.4, -0.2) is 19.8 Å². The van der Waals surface area contributed by atoms with Crippen LogP contribution in [0.5, 0.6) is 11.5 Å². The SMILES string of the molecule is COc1cc(OC)cc(C(C)C(C)(C)N)c1. The van der Waals surface area contributed by atoms with Gasteiger partial charge in [0.25, 0.3) is 0 Å². The van der Waals surface area contributed by atoms with Gasteiger partial charge in [-0.25, -0.2) is 0 Å².